The number of halogens is 2. The minimum atomic E-state index is -0.832. The smallest absolute Gasteiger partial charge is 0.159 e. The van der Waals surface area contributed by atoms with Crippen LogP contribution in [0.3, 0.4) is 0 Å². The van der Waals surface area contributed by atoms with Gasteiger partial charge in [-0.25, -0.2) is 8.78 Å². The molecule has 0 saturated heterocycles. The monoisotopic (exact) mass is 198 g/mol. The molecular weight excluding hydrogens is 186 g/mol. The van der Waals surface area contributed by atoms with Crippen LogP contribution in [-0.4, -0.2) is 11.2 Å². The molecule has 1 aromatic carbocycles. The molecule has 0 bridgehead atoms. The van der Waals surface area contributed by atoms with E-state index in [2.05, 4.69) is 0 Å². The Hall–Kier alpha value is -0.960. The summed E-state index contributed by atoms with van der Waals surface area (Å²) in [6.45, 7) is 0. The Morgan fingerprint density at radius 1 is 1.14 bits per heavy atom. The molecule has 0 heterocycles. The first kappa shape index (κ1) is 9.59. The van der Waals surface area contributed by atoms with Crippen molar-refractivity contribution in [3.8, 4) is 0 Å². The van der Waals surface area contributed by atoms with E-state index >= 15 is 0 Å². The van der Waals surface area contributed by atoms with Crippen LogP contribution in [0, 0.1) is 11.6 Å². The van der Waals surface area contributed by atoms with Gasteiger partial charge >= 0.3 is 0 Å². The van der Waals surface area contributed by atoms with Gasteiger partial charge in [0.25, 0.3) is 0 Å². The van der Waals surface area contributed by atoms with E-state index in [1.807, 2.05) is 0 Å². The Morgan fingerprint density at radius 3 is 2.50 bits per heavy atom. The predicted octanol–water partition coefficient (Wildman–Crippen LogP) is 2.59. The third-order valence-electron chi connectivity index (χ3n) is 2.85. The van der Waals surface area contributed by atoms with Crippen molar-refractivity contribution in [2.24, 2.45) is 0 Å². The molecule has 0 unspecified atom stereocenters. The molecule has 0 amide bonds. The number of benzene rings is 1. The maximum atomic E-state index is 12.9. The van der Waals surface area contributed by atoms with Crippen LogP contribution >= 0.6 is 0 Å². The molecule has 1 nitrogen and oxygen atoms in total. The normalized spacial score (nSPS) is 26.8. The third-order valence-corrected chi connectivity index (χ3v) is 2.85. The molecular formula is C11H12F2O. The SMILES string of the molecule is O[C@H]1CCC[C@@H]1c1ccc(F)c(F)c1. The van der Waals surface area contributed by atoms with Crippen LogP contribution in [0.25, 0.3) is 0 Å². The van der Waals surface area contributed by atoms with E-state index in [9.17, 15) is 13.9 Å². The van der Waals surface area contributed by atoms with E-state index in [0.717, 1.165) is 25.3 Å². The van der Waals surface area contributed by atoms with Crippen LogP contribution in [0.1, 0.15) is 30.7 Å². The van der Waals surface area contributed by atoms with Gasteiger partial charge in [0.1, 0.15) is 0 Å². The Labute approximate surface area is 81.4 Å². The van der Waals surface area contributed by atoms with Gasteiger partial charge in [-0.05, 0) is 30.5 Å². The van der Waals surface area contributed by atoms with E-state index in [1.165, 1.54) is 6.07 Å². The summed E-state index contributed by atoms with van der Waals surface area (Å²) in [6, 6.07) is 3.86. The Morgan fingerprint density at radius 2 is 1.93 bits per heavy atom. The first-order valence-electron chi connectivity index (χ1n) is 4.81. The average Bonchev–Trinajstić information content (AvgIpc) is 2.57. The molecule has 3 heteroatoms. The van der Waals surface area contributed by atoms with Crippen molar-refractivity contribution in [3.63, 3.8) is 0 Å². The fourth-order valence-electron chi connectivity index (χ4n) is 2.07. The van der Waals surface area contributed by atoms with Crippen molar-refractivity contribution in [2.45, 2.75) is 31.3 Å². The van der Waals surface area contributed by atoms with E-state index in [0.29, 0.717) is 5.56 Å². The zero-order valence-electron chi connectivity index (χ0n) is 7.71. The highest BCUT2D eigenvalue weighted by Gasteiger charge is 2.27. The van der Waals surface area contributed by atoms with Gasteiger partial charge in [0, 0.05) is 5.92 Å². The van der Waals surface area contributed by atoms with Crippen molar-refractivity contribution >= 4 is 0 Å². The summed E-state index contributed by atoms with van der Waals surface area (Å²) < 4.78 is 25.5. The summed E-state index contributed by atoms with van der Waals surface area (Å²) in [5, 5.41) is 9.59. The Balaban J connectivity index is 2.28. The summed E-state index contributed by atoms with van der Waals surface area (Å²) in [5.41, 5.74) is 0.703. The van der Waals surface area contributed by atoms with Gasteiger partial charge in [0.2, 0.25) is 0 Å². The molecule has 2 atom stereocenters. The molecule has 0 spiro atoms. The van der Waals surface area contributed by atoms with E-state index in [4.69, 9.17) is 0 Å². The van der Waals surface area contributed by atoms with Gasteiger partial charge in [-0.2, -0.15) is 0 Å². The molecule has 76 valence electrons. The number of hydrogen-bond acceptors (Lipinski definition) is 1. The highest BCUT2D eigenvalue weighted by atomic mass is 19.2. The van der Waals surface area contributed by atoms with Gasteiger partial charge in [0.05, 0.1) is 6.10 Å². The van der Waals surface area contributed by atoms with Gasteiger partial charge in [-0.3, -0.25) is 0 Å². The fourth-order valence-corrected chi connectivity index (χ4v) is 2.07. The molecule has 1 aliphatic carbocycles. The van der Waals surface area contributed by atoms with Crippen LogP contribution < -0.4 is 0 Å². The molecule has 0 aromatic heterocycles. The van der Waals surface area contributed by atoms with E-state index in [-0.39, 0.29) is 5.92 Å². The molecule has 14 heavy (non-hydrogen) atoms. The lowest BCUT2D eigenvalue weighted by atomic mass is 9.96. The minimum absolute atomic E-state index is 0.0231. The van der Waals surface area contributed by atoms with Crippen molar-refractivity contribution in [1.29, 1.82) is 0 Å². The van der Waals surface area contributed by atoms with Crippen LogP contribution in [0.2, 0.25) is 0 Å². The van der Waals surface area contributed by atoms with E-state index in [1.54, 1.807) is 6.07 Å². The molecule has 1 fully saturated rings. The summed E-state index contributed by atoms with van der Waals surface area (Å²) in [7, 11) is 0. The number of hydrogen-bond donors (Lipinski definition) is 1. The Bertz CT molecular complexity index is 338. The van der Waals surface area contributed by atoms with Gasteiger partial charge in [0.15, 0.2) is 11.6 Å². The fraction of sp³-hybridized carbons (Fsp3) is 0.455. The first-order valence-corrected chi connectivity index (χ1v) is 4.81. The molecule has 1 aromatic rings. The number of aliphatic hydroxyl groups is 1. The van der Waals surface area contributed by atoms with Crippen LogP contribution in [0.15, 0.2) is 18.2 Å². The van der Waals surface area contributed by atoms with Crippen LogP contribution in [0.4, 0.5) is 8.78 Å². The zero-order chi connectivity index (χ0) is 10.1. The summed E-state index contributed by atoms with van der Waals surface area (Å²) in [5.74, 6) is -1.69. The topological polar surface area (TPSA) is 20.2 Å². The second kappa shape index (κ2) is 3.65. The number of rotatable bonds is 1. The highest BCUT2D eigenvalue weighted by molar-refractivity contribution is 5.23. The largest absolute Gasteiger partial charge is 0.392 e. The minimum Gasteiger partial charge on any atom is -0.392 e. The highest BCUT2D eigenvalue weighted by Crippen LogP contribution is 2.34. The predicted molar refractivity (Wildman–Crippen MR) is 49.0 cm³/mol. The van der Waals surface area contributed by atoms with Crippen molar-refractivity contribution in [1.82, 2.24) is 0 Å². The second-order valence-corrected chi connectivity index (χ2v) is 3.78. The summed E-state index contributed by atoms with van der Waals surface area (Å²) in [4.78, 5) is 0. The van der Waals surface area contributed by atoms with E-state index < -0.39 is 17.7 Å². The summed E-state index contributed by atoms with van der Waals surface area (Å²) >= 11 is 0. The quantitative estimate of drug-likeness (QED) is 0.735. The molecule has 1 N–H and O–H groups in total. The van der Waals surface area contributed by atoms with Crippen molar-refractivity contribution in [2.75, 3.05) is 0 Å². The van der Waals surface area contributed by atoms with Gasteiger partial charge in [-0.1, -0.05) is 12.5 Å². The molecule has 0 radical (unpaired) electrons. The standard InChI is InChI=1S/C11H12F2O/c12-9-5-4-7(6-10(9)13)8-2-1-3-11(8)14/h4-6,8,11,14H,1-3H2/t8-,11+/m1/s1. The van der Waals surface area contributed by atoms with Gasteiger partial charge in [-0.15, -0.1) is 0 Å². The molecule has 2 rings (SSSR count). The second-order valence-electron chi connectivity index (χ2n) is 3.78. The third kappa shape index (κ3) is 1.64. The zero-order valence-corrected chi connectivity index (χ0v) is 7.71. The lowest BCUT2D eigenvalue weighted by Gasteiger charge is -2.14. The van der Waals surface area contributed by atoms with Crippen LogP contribution in [-0.2, 0) is 0 Å². The summed E-state index contributed by atoms with van der Waals surface area (Å²) in [6.07, 6.45) is 2.15. The number of aliphatic hydroxyl groups excluding tert-OH is 1. The van der Waals surface area contributed by atoms with Crippen molar-refractivity contribution in [3.05, 3.63) is 35.4 Å². The first-order chi connectivity index (χ1) is 6.68. The van der Waals surface area contributed by atoms with Crippen molar-refractivity contribution < 1.29 is 13.9 Å². The lowest BCUT2D eigenvalue weighted by Crippen LogP contribution is -2.11. The van der Waals surface area contributed by atoms with Crippen LogP contribution in [0.5, 0.6) is 0 Å². The molecule has 1 aliphatic rings. The molecule has 0 aliphatic heterocycles. The average molecular weight is 198 g/mol. The maximum absolute atomic E-state index is 12.9. The maximum Gasteiger partial charge on any atom is 0.159 e. The lowest BCUT2D eigenvalue weighted by molar-refractivity contribution is 0.163. The van der Waals surface area contributed by atoms with Gasteiger partial charge < -0.3 is 5.11 Å². The molecule has 1 saturated carbocycles. The Kier molecular flexibility index (Phi) is 2.50.